The van der Waals surface area contributed by atoms with Crippen LogP contribution in [0.1, 0.15) is 20.8 Å². The van der Waals surface area contributed by atoms with Gasteiger partial charge in [0.1, 0.15) is 11.5 Å². The van der Waals surface area contributed by atoms with E-state index in [-0.39, 0.29) is 24.0 Å². The summed E-state index contributed by atoms with van der Waals surface area (Å²) in [6.45, 7) is 6.57. The van der Waals surface area contributed by atoms with Crippen molar-refractivity contribution in [2.75, 3.05) is 23.4 Å². The molecule has 8 heteroatoms. The Morgan fingerprint density at radius 1 is 0.926 bits per heavy atom. The molecule has 0 aliphatic carbocycles. The van der Waals surface area contributed by atoms with Crippen molar-refractivity contribution in [3.05, 3.63) is 48.5 Å². The van der Waals surface area contributed by atoms with Gasteiger partial charge >= 0.3 is 0 Å². The van der Waals surface area contributed by atoms with E-state index in [4.69, 9.17) is 9.47 Å². The Morgan fingerprint density at radius 3 is 1.85 bits per heavy atom. The van der Waals surface area contributed by atoms with Gasteiger partial charge in [-0.2, -0.15) is 10.2 Å². The maximum atomic E-state index is 11.8. The molecule has 27 heavy (non-hydrogen) atoms. The van der Waals surface area contributed by atoms with Crippen LogP contribution in [0.2, 0.25) is 0 Å². The Bertz CT molecular complexity index is 794. The van der Waals surface area contributed by atoms with Gasteiger partial charge in [-0.05, 0) is 62.4 Å². The van der Waals surface area contributed by atoms with Crippen molar-refractivity contribution in [2.24, 2.45) is 5.10 Å². The molecule has 0 radical (unpaired) electrons. The molecule has 0 spiro atoms. The molecule has 1 N–H and O–H groups in total. The number of hydrazine groups is 2. The molecular formula is C19H23ClN4O3. The van der Waals surface area contributed by atoms with Gasteiger partial charge in [-0.15, -0.1) is 17.5 Å². The van der Waals surface area contributed by atoms with Crippen molar-refractivity contribution >= 4 is 35.4 Å². The first kappa shape index (κ1) is 20.4. The van der Waals surface area contributed by atoms with Crippen LogP contribution in [0.4, 0.5) is 11.4 Å². The molecule has 144 valence electrons. The zero-order valence-corrected chi connectivity index (χ0v) is 16.3. The maximum absolute atomic E-state index is 11.8. The minimum absolute atomic E-state index is 0. The number of benzene rings is 2. The fraction of sp³-hybridized carbons (Fsp3) is 0.263. The third-order valence-electron chi connectivity index (χ3n) is 3.70. The van der Waals surface area contributed by atoms with E-state index in [1.165, 1.54) is 6.92 Å². The number of hydrogen-bond donors (Lipinski definition) is 1. The van der Waals surface area contributed by atoms with Crippen molar-refractivity contribution < 1.29 is 14.3 Å². The van der Waals surface area contributed by atoms with Crippen molar-refractivity contribution in [2.45, 2.75) is 20.8 Å². The van der Waals surface area contributed by atoms with Crippen LogP contribution < -0.4 is 25.1 Å². The molecule has 0 saturated heterocycles. The minimum atomic E-state index is -0.144. The number of amidine groups is 1. The fourth-order valence-electron chi connectivity index (χ4n) is 2.50. The van der Waals surface area contributed by atoms with Gasteiger partial charge in [-0.25, -0.2) is 0 Å². The summed E-state index contributed by atoms with van der Waals surface area (Å²) in [6.07, 6.45) is 0. The Labute approximate surface area is 164 Å². The number of nitrogens with one attached hydrogen (secondary N) is 1. The highest BCUT2D eigenvalue weighted by Crippen LogP contribution is 2.27. The van der Waals surface area contributed by atoms with Crippen LogP contribution in [0.5, 0.6) is 11.5 Å². The summed E-state index contributed by atoms with van der Waals surface area (Å²) in [6, 6.07) is 15.1. The van der Waals surface area contributed by atoms with Crippen LogP contribution in [-0.2, 0) is 4.79 Å². The zero-order valence-electron chi connectivity index (χ0n) is 15.5. The number of anilines is 2. The normalized spacial score (nSPS) is 12.8. The summed E-state index contributed by atoms with van der Waals surface area (Å²) in [5, 5.41) is 7.74. The number of hydrazone groups is 1. The standard InChI is InChI=1S/C19H22N4O3.ClH/c1-4-25-17-10-6-15(7-11-17)22-20-19(14(3)24)21-23(22)16-8-12-18(13-9-16)26-5-2;/h6-13H,4-5H2,1-3H3,(H,20,21);1H. The lowest BCUT2D eigenvalue weighted by Crippen LogP contribution is -2.45. The number of ether oxygens (including phenoxy) is 2. The van der Waals surface area contributed by atoms with Gasteiger partial charge in [0.25, 0.3) is 0 Å². The van der Waals surface area contributed by atoms with E-state index in [0.29, 0.717) is 13.2 Å². The Balaban J connectivity index is 0.00000261. The van der Waals surface area contributed by atoms with Gasteiger partial charge in [0, 0.05) is 6.92 Å². The number of ketones is 1. The molecule has 0 saturated carbocycles. The number of hydrogen-bond acceptors (Lipinski definition) is 7. The average Bonchev–Trinajstić information content (AvgIpc) is 3.09. The molecule has 3 rings (SSSR count). The van der Waals surface area contributed by atoms with Crippen LogP contribution >= 0.6 is 12.4 Å². The van der Waals surface area contributed by atoms with Crippen LogP contribution in [0.25, 0.3) is 0 Å². The number of carbonyl (C=O) groups is 1. The predicted octanol–water partition coefficient (Wildman–Crippen LogP) is 3.55. The van der Waals surface area contributed by atoms with E-state index >= 15 is 0 Å². The summed E-state index contributed by atoms with van der Waals surface area (Å²) in [5.41, 5.74) is 4.65. The van der Waals surface area contributed by atoms with Gasteiger partial charge in [-0.3, -0.25) is 10.2 Å². The molecule has 1 aliphatic heterocycles. The quantitative estimate of drug-likeness (QED) is 0.779. The molecule has 7 nitrogen and oxygen atoms in total. The zero-order chi connectivity index (χ0) is 18.5. The van der Waals surface area contributed by atoms with Gasteiger partial charge in [0.15, 0.2) is 5.78 Å². The van der Waals surface area contributed by atoms with E-state index in [2.05, 4.69) is 10.5 Å². The molecule has 1 aliphatic rings. The van der Waals surface area contributed by atoms with Crippen LogP contribution in [0.15, 0.2) is 53.6 Å². The average molecular weight is 391 g/mol. The SMILES string of the molecule is CCOc1ccc(N2N=C(C(C)=O)NN2c2ccc(OCC)cc2)cc1.Cl. The lowest BCUT2D eigenvalue weighted by Gasteiger charge is -2.28. The first-order chi connectivity index (χ1) is 12.6. The van der Waals surface area contributed by atoms with Crippen LogP contribution in [0, 0.1) is 0 Å². The van der Waals surface area contributed by atoms with E-state index < -0.39 is 0 Å². The van der Waals surface area contributed by atoms with Crippen molar-refractivity contribution in [1.29, 1.82) is 0 Å². The first-order valence-electron chi connectivity index (χ1n) is 8.54. The second kappa shape index (κ2) is 9.14. The van der Waals surface area contributed by atoms with Crippen molar-refractivity contribution in [3.63, 3.8) is 0 Å². The second-order valence-corrected chi connectivity index (χ2v) is 5.57. The Kier molecular flexibility index (Phi) is 6.90. The first-order valence-corrected chi connectivity index (χ1v) is 8.54. The summed E-state index contributed by atoms with van der Waals surface area (Å²) in [7, 11) is 0. The van der Waals surface area contributed by atoms with Crippen molar-refractivity contribution in [3.8, 4) is 11.5 Å². The highest BCUT2D eigenvalue weighted by Gasteiger charge is 2.27. The number of rotatable bonds is 7. The molecule has 0 unspecified atom stereocenters. The summed E-state index contributed by atoms with van der Waals surface area (Å²) >= 11 is 0. The summed E-state index contributed by atoms with van der Waals surface area (Å²) in [5.74, 6) is 1.70. The molecule has 0 amide bonds. The largest absolute Gasteiger partial charge is 0.494 e. The molecule has 0 fully saturated rings. The molecule has 1 heterocycles. The molecule has 2 aromatic rings. The van der Waals surface area contributed by atoms with E-state index in [1.54, 1.807) is 10.2 Å². The van der Waals surface area contributed by atoms with Gasteiger partial charge in [0.05, 0.1) is 24.6 Å². The maximum Gasteiger partial charge on any atom is 0.211 e. The lowest BCUT2D eigenvalue weighted by atomic mass is 10.3. The van der Waals surface area contributed by atoms with Crippen molar-refractivity contribution in [1.82, 2.24) is 5.43 Å². The highest BCUT2D eigenvalue weighted by atomic mass is 35.5. The number of Topliss-reactive ketones (excluding diaryl/α,β-unsaturated/α-hetero) is 1. The van der Waals surface area contributed by atoms with Gasteiger partial charge in [-0.1, -0.05) is 0 Å². The Morgan fingerprint density at radius 2 is 1.41 bits per heavy atom. The monoisotopic (exact) mass is 390 g/mol. The lowest BCUT2D eigenvalue weighted by molar-refractivity contribution is -0.111. The highest BCUT2D eigenvalue weighted by molar-refractivity contribution is 6.38. The molecular weight excluding hydrogens is 368 g/mol. The van der Waals surface area contributed by atoms with E-state index in [9.17, 15) is 4.79 Å². The number of nitrogens with zero attached hydrogens (tertiary/aromatic N) is 3. The van der Waals surface area contributed by atoms with E-state index in [1.807, 2.05) is 62.4 Å². The summed E-state index contributed by atoms with van der Waals surface area (Å²) in [4.78, 5) is 11.8. The Hall–Kier alpha value is -2.93. The predicted molar refractivity (Wildman–Crippen MR) is 109 cm³/mol. The third-order valence-corrected chi connectivity index (χ3v) is 3.70. The van der Waals surface area contributed by atoms with Crippen LogP contribution in [0.3, 0.4) is 0 Å². The molecule has 0 aromatic heterocycles. The number of carbonyl (C=O) groups excluding carboxylic acids is 1. The second-order valence-electron chi connectivity index (χ2n) is 5.57. The van der Waals surface area contributed by atoms with Crippen LogP contribution in [-0.4, -0.2) is 24.8 Å². The molecule has 0 bridgehead atoms. The van der Waals surface area contributed by atoms with Gasteiger partial charge in [0.2, 0.25) is 5.84 Å². The minimum Gasteiger partial charge on any atom is -0.494 e. The smallest absolute Gasteiger partial charge is 0.211 e. The molecule has 2 aromatic carbocycles. The topological polar surface area (TPSA) is 66.4 Å². The third kappa shape index (κ3) is 4.62. The van der Waals surface area contributed by atoms with E-state index in [0.717, 1.165) is 22.9 Å². The fourth-order valence-corrected chi connectivity index (χ4v) is 2.50. The summed E-state index contributed by atoms with van der Waals surface area (Å²) < 4.78 is 11.0. The van der Waals surface area contributed by atoms with Gasteiger partial charge < -0.3 is 9.47 Å². The number of halogens is 1. The molecule has 0 atom stereocenters.